The summed E-state index contributed by atoms with van der Waals surface area (Å²) in [5.74, 6) is 2.62. The van der Waals surface area contributed by atoms with Gasteiger partial charge in [-0.2, -0.15) is 0 Å². The smallest absolute Gasteiger partial charge is 0.197 e. The Labute approximate surface area is 152 Å². The van der Waals surface area contributed by atoms with E-state index in [1.165, 1.54) is 19.3 Å². The van der Waals surface area contributed by atoms with Crippen molar-refractivity contribution in [2.24, 2.45) is 7.05 Å². The minimum Gasteiger partial charge on any atom is -0.356 e. The highest BCUT2D eigenvalue weighted by Gasteiger charge is 2.22. The molecule has 0 amide bonds. The van der Waals surface area contributed by atoms with Gasteiger partial charge in [-0.1, -0.05) is 0 Å². The summed E-state index contributed by atoms with van der Waals surface area (Å²) < 4.78 is 2.13. The maximum absolute atomic E-state index is 4.46. The summed E-state index contributed by atoms with van der Waals surface area (Å²) in [6.45, 7) is 4.30. The average molecular weight is 360 g/mol. The molecule has 0 aromatic carbocycles. The molecule has 0 unspecified atom stereocenters. The maximum atomic E-state index is 4.46. The Kier molecular flexibility index (Phi) is 5.17. The van der Waals surface area contributed by atoms with E-state index in [1.807, 2.05) is 0 Å². The van der Waals surface area contributed by atoms with Gasteiger partial charge in [0.15, 0.2) is 5.16 Å². The van der Waals surface area contributed by atoms with Crippen LogP contribution in [0.3, 0.4) is 0 Å². The lowest BCUT2D eigenvalue weighted by atomic mass is 9.97. The molecule has 1 N–H and O–H groups in total. The molecule has 2 aliphatic rings. The van der Waals surface area contributed by atoms with E-state index in [4.69, 9.17) is 0 Å². The van der Waals surface area contributed by atoms with E-state index in [0.29, 0.717) is 5.92 Å². The lowest BCUT2D eigenvalue weighted by molar-refractivity contribution is 0.434. The molecule has 0 spiro atoms. The van der Waals surface area contributed by atoms with E-state index >= 15 is 0 Å². The molecule has 4 heterocycles. The molecule has 0 aliphatic carbocycles. The van der Waals surface area contributed by atoms with Gasteiger partial charge in [0, 0.05) is 32.1 Å². The molecule has 0 saturated carbocycles. The van der Waals surface area contributed by atoms with Crippen molar-refractivity contribution in [1.29, 1.82) is 0 Å². The van der Waals surface area contributed by atoms with E-state index in [0.717, 1.165) is 60.8 Å². The predicted octanol–water partition coefficient (Wildman–Crippen LogP) is 2.21. The van der Waals surface area contributed by atoms with Crippen molar-refractivity contribution in [2.75, 3.05) is 31.1 Å². The van der Waals surface area contributed by atoms with Crippen LogP contribution >= 0.6 is 11.8 Å². The monoisotopic (exact) mass is 359 g/mol. The summed E-state index contributed by atoms with van der Waals surface area (Å²) in [7, 11) is 2.06. The molecule has 2 aromatic heterocycles. The van der Waals surface area contributed by atoms with Crippen LogP contribution in [-0.2, 0) is 7.05 Å². The molecule has 25 heavy (non-hydrogen) atoms. The zero-order valence-corrected chi connectivity index (χ0v) is 15.5. The molecular weight excluding hydrogens is 334 g/mol. The number of hydrogen-bond donors (Lipinski definition) is 1. The molecule has 2 aromatic rings. The van der Waals surface area contributed by atoms with Gasteiger partial charge in [-0.25, -0.2) is 9.97 Å². The molecule has 2 fully saturated rings. The molecule has 7 nitrogen and oxygen atoms in total. The maximum Gasteiger partial charge on any atom is 0.197 e. The molecule has 0 radical (unpaired) electrons. The van der Waals surface area contributed by atoms with Gasteiger partial charge in [0.1, 0.15) is 23.0 Å². The van der Waals surface area contributed by atoms with Crippen LogP contribution in [0.4, 0.5) is 5.82 Å². The third-order valence-corrected chi connectivity index (χ3v) is 6.05. The molecule has 2 saturated heterocycles. The molecule has 8 heteroatoms. The van der Waals surface area contributed by atoms with Gasteiger partial charge >= 0.3 is 0 Å². The first-order valence-electron chi connectivity index (χ1n) is 9.16. The second kappa shape index (κ2) is 7.70. The summed E-state index contributed by atoms with van der Waals surface area (Å²) in [6.07, 6.45) is 7.73. The van der Waals surface area contributed by atoms with Crippen LogP contribution in [0.25, 0.3) is 0 Å². The lowest BCUT2D eigenvalue weighted by Crippen LogP contribution is -2.30. The van der Waals surface area contributed by atoms with Crippen molar-refractivity contribution in [1.82, 2.24) is 30.0 Å². The van der Waals surface area contributed by atoms with Crippen LogP contribution < -0.4 is 10.2 Å². The minimum absolute atomic E-state index is 0.502. The summed E-state index contributed by atoms with van der Waals surface area (Å²) in [5.41, 5.74) is 0. The lowest BCUT2D eigenvalue weighted by Gasteiger charge is -2.27. The van der Waals surface area contributed by atoms with Crippen LogP contribution in [0.15, 0.2) is 22.6 Å². The van der Waals surface area contributed by atoms with Crippen molar-refractivity contribution in [3.8, 4) is 0 Å². The van der Waals surface area contributed by atoms with Crippen molar-refractivity contribution in [3.05, 3.63) is 18.2 Å². The highest BCUT2D eigenvalue weighted by molar-refractivity contribution is 7.99. The van der Waals surface area contributed by atoms with E-state index in [9.17, 15) is 0 Å². The first-order chi connectivity index (χ1) is 12.3. The number of anilines is 1. The van der Waals surface area contributed by atoms with E-state index in [2.05, 4.69) is 48.1 Å². The average Bonchev–Trinajstić information content (AvgIpc) is 3.04. The topological polar surface area (TPSA) is 71.8 Å². The standard InChI is InChI=1S/C17H25N7S/c1-23-16(13-5-7-18-8-6-13)21-22-17(23)25-15-11-14(19-12-20-15)24-9-3-2-4-10-24/h11-13,18H,2-10H2,1H3. The van der Waals surface area contributed by atoms with Gasteiger partial charge < -0.3 is 14.8 Å². The molecule has 4 rings (SSSR count). The second-order valence-corrected chi connectivity index (χ2v) is 7.78. The normalized spacial score (nSPS) is 19.3. The van der Waals surface area contributed by atoms with Gasteiger partial charge in [-0.3, -0.25) is 0 Å². The highest BCUT2D eigenvalue weighted by atomic mass is 32.2. The third kappa shape index (κ3) is 3.79. The van der Waals surface area contributed by atoms with E-state index in [1.54, 1.807) is 18.1 Å². The first-order valence-corrected chi connectivity index (χ1v) is 9.98. The molecule has 134 valence electrons. The van der Waals surface area contributed by atoms with Crippen molar-refractivity contribution in [3.63, 3.8) is 0 Å². The zero-order chi connectivity index (χ0) is 17.1. The Balaban J connectivity index is 1.49. The third-order valence-electron chi connectivity index (χ3n) is 5.08. The summed E-state index contributed by atoms with van der Waals surface area (Å²) in [4.78, 5) is 11.2. The number of rotatable bonds is 4. The molecular formula is C17H25N7S. The fraction of sp³-hybridized carbons (Fsp3) is 0.647. The van der Waals surface area contributed by atoms with Crippen LogP contribution in [0.5, 0.6) is 0 Å². The van der Waals surface area contributed by atoms with Gasteiger partial charge in [-0.05, 0) is 57.0 Å². The van der Waals surface area contributed by atoms with Crippen LogP contribution in [0, 0.1) is 0 Å². The highest BCUT2D eigenvalue weighted by Crippen LogP contribution is 2.30. The van der Waals surface area contributed by atoms with Crippen LogP contribution in [0.1, 0.15) is 43.8 Å². The van der Waals surface area contributed by atoms with Crippen molar-refractivity contribution in [2.45, 2.75) is 48.2 Å². The summed E-state index contributed by atoms with van der Waals surface area (Å²) in [6, 6.07) is 2.08. The fourth-order valence-electron chi connectivity index (χ4n) is 3.63. The van der Waals surface area contributed by atoms with Gasteiger partial charge in [-0.15, -0.1) is 10.2 Å². The first kappa shape index (κ1) is 16.8. The van der Waals surface area contributed by atoms with E-state index < -0.39 is 0 Å². The summed E-state index contributed by atoms with van der Waals surface area (Å²) in [5, 5.41) is 14.1. The number of piperidine rings is 2. The van der Waals surface area contributed by atoms with Crippen molar-refractivity contribution >= 4 is 17.6 Å². The molecule has 0 atom stereocenters. The summed E-state index contributed by atoms with van der Waals surface area (Å²) >= 11 is 1.57. The Morgan fingerprint density at radius 2 is 1.88 bits per heavy atom. The zero-order valence-electron chi connectivity index (χ0n) is 14.7. The Hall–Kier alpha value is -1.67. The van der Waals surface area contributed by atoms with Gasteiger partial charge in [0.05, 0.1) is 0 Å². The Morgan fingerprint density at radius 3 is 2.68 bits per heavy atom. The number of nitrogens with one attached hydrogen (secondary N) is 1. The number of aromatic nitrogens is 5. The van der Waals surface area contributed by atoms with Gasteiger partial charge in [0.2, 0.25) is 0 Å². The van der Waals surface area contributed by atoms with Crippen LogP contribution in [-0.4, -0.2) is 50.9 Å². The number of hydrogen-bond acceptors (Lipinski definition) is 7. The molecule has 2 aliphatic heterocycles. The quantitative estimate of drug-likeness (QED) is 0.839. The second-order valence-electron chi connectivity index (χ2n) is 6.79. The predicted molar refractivity (Wildman–Crippen MR) is 98.1 cm³/mol. The van der Waals surface area contributed by atoms with E-state index in [-0.39, 0.29) is 0 Å². The Bertz CT molecular complexity index is 705. The van der Waals surface area contributed by atoms with Gasteiger partial charge in [0.25, 0.3) is 0 Å². The Morgan fingerprint density at radius 1 is 1.08 bits per heavy atom. The SMILES string of the molecule is Cn1c(Sc2cc(N3CCCCC3)ncn2)nnc1C1CCNCC1. The minimum atomic E-state index is 0.502. The fourth-order valence-corrected chi connectivity index (χ4v) is 4.39. The molecule has 0 bridgehead atoms. The van der Waals surface area contributed by atoms with Crippen molar-refractivity contribution < 1.29 is 0 Å². The largest absolute Gasteiger partial charge is 0.356 e. The van der Waals surface area contributed by atoms with Crippen LogP contribution in [0.2, 0.25) is 0 Å². The number of nitrogens with zero attached hydrogens (tertiary/aromatic N) is 6.